The molecule has 2 aromatic carbocycles. The topological polar surface area (TPSA) is 33.4 Å². The second-order valence-electron chi connectivity index (χ2n) is 5.12. The summed E-state index contributed by atoms with van der Waals surface area (Å²) in [6.07, 6.45) is 2.61. The van der Waals surface area contributed by atoms with Gasteiger partial charge in [-0.05, 0) is 35.2 Å². The molecule has 1 heterocycles. The van der Waals surface area contributed by atoms with Crippen LogP contribution in [0.25, 0.3) is 11.1 Å². The van der Waals surface area contributed by atoms with Crippen molar-refractivity contribution in [1.29, 1.82) is 0 Å². The summed E-state index contributed by atoms with van der Waals surface area (Å²) in [7, 11) is 0. The fourth-order valence-corrected chi connectivity index (χ4v) is 2.43. The summed E-state index contributed by atoms with van der Waals surface area (Å²) in [5.74, 6) is 0.912. The number of benzene rings is 2. The minimum absolute atomic E-state index is 0.458. The largest absolute Gasteiger partial charge is 0.469 e. The van der Waals surface area contributed by atoms with E-state index in [0.717, 1.165) is 23.3 Å². The van der Waals surface area contributed by atoms with E-state index < -0.39 is 6.10 Å². The van der Waals surface area contributed by atoms with Crippen LogP contribution < -0.4 is 0 Å². The number of rotatable bonds is 5. The second-order valence-corrected chi connectivity index (χ2v) is 5.12. The van der Waals surface area contributed by atoms with Crippen LogP contribution in [0.4, 0.5) is 0 Å². The van der Waals surface area contributed by atoms with Crippen molar-refractivity contribution >= 4 is 0 Å². The van der Waals surface area contributed by atoms with Gasteiger partial charge in [0.2, 0.25) is 0 Å². The van der Waals surface area contributed by atoms with E-state index in [9.17, 15) is 5.11 Å². The van der Waals surface area contributed by atoms with Gasteiger partial charge in [-0.1, -0.05) is 54.6 Å². The normalized spacial score (nSPS) is 12.2. The molecule has 3 aromatic rings. The Hall–Kier alpha value is -2.32. The van der Waals surface area contributed by atoms with Crippen LogP contribution >= 0.6 is 0 Å². The molecule has 0 aliphatic heterocycles. The van der Waals surface area contributed by atoms with Gasteiger partial charge in [-0.15, -0.1) is 0 Å². The van der Waals surface area contributed by atoms with E-state index in [0.29, 0.717) is 6.42 Å². The van der Waals surface area contributed by atoms with Crippen LogP contribution in [0.3, 0.4) is 0 Å². The maximum atomic E-state index is 10.2. The lowest BCUT2D eigenvalue weighted by atomic mass is 10.00. The van der Waals surface area contributed by atoms with Crippen molar-refractivity contribution in [2.45, 2.75) is 18.9 Å². The molecule has 0 radical (unpaired) electrons. The lowest BCUT2D eigenvalue weighted by molar-refractivity contribution is 0.165. The lowest BCUT2D eigenvalue weighted by Gasteiger charge is -2.11. The zero-order valence-electron chi connectivity index (χ0n) is 11.8. The summed E-state index contributed by atoms with van der Waals surface area (Å²) in [5.41, 5.74) is 3.30. The van der Waals surface area contributed by atoms with E-state index in [1.165, 1.54) is 5.56 Å². The van der Waals surface area contributed by atoms with Crippen molar-refractivity contribution in [2.24, 2.45) is 0 Å². The van der Waals surface area contributed by atoms with Crippen LogP contribution in [-0.4, -0.2) is 5.11 Å². The molecule has 1 N–H and O–H groups in total. The third kappa shape index (κ3) is 3.41. The van der Waals surface area contributed by atoms with Gasteiger partial charge >= 0.3 is 0 Å². The first-order chi connectivity index (χ1) is 10.3. The SMILES string of the molecule is OC(CCc1ccco1)c1ccc(-c2ccccc2)cc1. The van der Waals surface area contributed by atoms with Crippen molar-refractivity contribution in [3.05, 3.63) is 84.3 Å². The highest BCUT2D eigenvalue weighted by Gasteiger charge is 2.09. The number of aliphatic hydroxyl groups excluding tert-OH is 1. The predicted molar refractivity (Wildman–Crippen MR) is 83.9 cm³/mol. The Bertz CT molecular complexity index is 655. The number of hydrogen-bond acceptors (Lipinski definition) is 2. The molecule has 0 spiro atoms. The molecule has 0 aliphatic rings. The summed E-state index contributed by atoms with van der Waals surface area (Å²) in [4.78, 5) is 0. The molecule has 0 saturated heterocycles. The third-order valence-corrected chi connectivity index (χ3v) is 3.65. The summed E-state index contributed by atoms with van der Waals surface area (Å²) in [6.45, 7) is 0. The first-order valence-corrected chi connectivity index (χ1v) is 7.19. The Morgan fingerprint density at radius 3 is 2.19 bits per heavy atom. The van der Waals surface area contributed by atoms with E-state index in [-0.39, 0.29) is 0 Å². The Balaban J connectivity index is 1.66. The number of hydrogen-bond donors (Lipinski definition) is 1. The monoisotopic (exact) mass is 278 g/mol. The minimum atomic E-state index is -0.458. The van der Waals surface area contributed by atoms with Crippen LogP contribution in [0, 0.1) is 0 Å². The molecule has 3 rings (SSSR count). The van der Waals surface area contributed by atoms with Gasteiger partial charge in [-0.25, -0.2) is 0 Å². The molecule has 2 nitrogen and oxygen atoms in total. The van der Waals surface area contributed by atoms with Gasteiger partial charge in [-0.3, -0.25) is 0 Å². The predicted octanol–water partition coefficient (Wildman–Crippen LogP) is 4.61. The highest BCUT2D eigenvalue weighted by molar-refractivity contribution is 5.63. The Labute approximate surface area is 124 Å². The number of aryl methyl sites for hydroxylation is 1. The van der Waals surface area contributed by atoms with Crippen molar-refractivity contribution < 1.29 is 9.52 Å². The molecule has 0 saturated carbocycles. The Morgan fingerprint density at radius 1 is 0.810 bits per heavy atom. The van der Waals surface area contributed by atoms with Gasteiger partial charge < -0.3 is 9.52 Å². The van der Waals surface area contributed by atoms with E-state index in [4.69, 9.17) is 4.42 Å². The average Bonchev–Trinajstić information content (AvgIpc) is 3.07. The molecule has 0 fully saturated rings. The summed E-state index contributed by atoms with van der Waals surface area (Å²) < 4.78 is 5.29. The van der Waals surface area contributed by atoms with Crippen LogP contribution in [0.1, 0.15) is 23.8 Å². The molecule has 0 amide bonds. The van der Waals surface area contributed by atoms with E-state index in [1.54, 1.807) is 6.26 Å². The van der Waals surface area contributed by atoms with Gasteiger partial charge in [0.15, 0.2) is 0 Å². The fraction of sp³-hybridized carbons (Fsp3) is 0.158. The van der Waals surface area contributed by atoms with Crippen LogP contribution in [0.15, 0.2) is 77.4 Å². The molecule has 1 unspecified atom stereocenters. The molecule has 21 heavy (non-hydrogen) atoms. The quantitative estimate of drug-likeness (QED) is 0.739. The smallest absolute Gasteiger partial charge is 0.103 e. The number of aliphatic hydroxyl groups is 1. The van der Waals surface area contributed by atoms with Crippen molar-refractivity contribution in [3.63, 3.8) is 0 Å². The van der Waals surface area contributed by atoms with Gasteiger partial charge in [-0.2, -0.15) is 0 Å². The Morgan fingerprint density at radius 2 is 1.52 bits per heavy atom. The maximum Gasteiger partial charge on any atom is 0.103 e. The van der Waals surface area contributed by atoms with E-state index in [1.807, 2.05) is 42.5 Å². The standard InChI is InChI=1S/C19H18O2/c20-19(13-12-18-7-4-14-21-18)17-10-8-16(9-11-17)15-5-2-1-3-6-15/h1-11,14,19-20H,12-13H2. The first-order valence-electron chi connectivity index (χ1n) is 7.19. The first kappa shape index (κ1) is 13.7. The molecule has 2 heteroatoms. The molecular weight excluding hydrogens is 260 g/mol. The third-order valence-electron chi connectivity index (χ3n) is 3.65. The van der Waals surface area contributed by atoms with Crippen molar-refractivity contribution in [3.8, 4) is 11.1 Å². The number of furan rings is 1. The van der Waals surface area contributed by atoms with Gasteiger partial charge in [0, 0.05) is 6.42 Å². The van der Waals surface area contributed by atoms with E-state index in [2.05, 4.69) is 24.3 Å². The van der Waals surface area contributed by atoms with Crippen molar-refractivity contribution in [1.82, 2.24) is 0 Å². The van der Waals surface area contributed by atoms with Gasteiger partial charge in [0.25, 0.3) is 0 Å². The molecule has 0 aliphatic carbocycles. The van der Waals surface area contributed by atoms with Crippen molar-refractivity contribution in [2.75, 3.05) is 0 Å². The lowest BCUT2D eigenvalue weighted by Crippen LogP contribution is -1.99. The molecule has 106 valence electrons. The van der Waals surface area contributed by atoms with Crippen LogP contribution in [0.5, 0.6) is 0 Å². The highest BCUT2D eigenvalue weighted by atomic mass is 16.3. The van der Waals surface area contributed by atoms with Gasteiger partial charge in [0.05, 0.1) is 12.4 Å². The molecule has 1 aromatic heterocycles. The summed E-state index contributed by atoms with van der Waals surface area (Å²) >= 11 is 0. The van der Waals surface area contributed by atoms with Gasteiger partial charge in [0.1, 0.15) is 5.76 Å². The molecule has 0 bridgehead atoms. The second kappa shape index (κ2) is 6.42. The van der Waals surface area contributed by atoms with Crippen LogP contribution in [0.2, 0.25) is 0 Å². The maximum absolute atomic E-state index is 10.2. The molecule has 1 atom stereocenters. The fourth-order valence-electron chi connectivity index (χ4n) is 2.43. The summed E-state index contributed by atoms with van der Waals surface area (Å²) in [5, 5.41) is 10.2. The van der Waals surface area contributed by atoms with Crippen LogP contribution in [-0.2, 0) is 6.42 Å². The summed E-state index contributed by atoms with van der Waals surface area (Å²) in [6, 6.07) is 22.2. The highest BCUT2D eigenvalue weighted by Crippen LogP contribution is 2.24. The minimum Gasteiger partial charge on any atom is -0.469 e. The Kier molecular flexibility index (Phi) is 4.17. The van der Waals surface area contributed by atoms with E-state index >= 15 is 0 Å². The molecular formula is C19H18O2. The zero-order chi connectivity index (χ0) is 14.5. The zero-order valence-corrected chi connectivity index (χ0v) is 11.8. The average molecular weight is 278 g/mol.